The minimum absolute atomic E-state index is 0. The first-order chi connectivity index (χ1) is 19.2. The summed E-state index contributed by atoms with van der Waals surface area (Å²) >= 11 is 0. The lowest BCUT2D eigenvalue weighted by Gasteiger charge is -2.34. The van der Waals surface area contributed by atoms with Crippen LogP contribution in [0.5, 0.6) is 0 Å². The highest BCUT2D eigenvalue weighted by Crippen LogP contribution is 2.46. The van der Waals surface area contributed by atoms with Gasteiger partial charge >= 0.3 is 0 Å². The molecule has 1 aromatic carbocycles. The fourth-order valence-electron chi connectivity index (χ4n) is 6.65. The molecule has 4 aliphatic carbocycles. The molecule has 0 bridgehead atoms. The van der Waals surface area contributed by atoms with Gasteiger partial charge in [-0.15, -0.1) is 0 Å². The molecule has 232 valence electrons. The Morgan fingerprint density at radius 1 is 0.372 bits per heavy atom. The number of hydrogen-bond donors (Lipinski definition) is 0. The van der Waals surface area contributed by atoms with E-state index in [1.165, 1.54) is 33.6 Å². The van der Waals surface area contributed by atoms with Crippen molar-refractivity contribution in [3.8, 4) is 0 Å². The highest BCUT2D eigenvalue weighted by molar-refractivity contribution is 5.44. The maximum atomic E-state index is 4.30. The van der Waals surface area contributed by atoms with Crippen LogP contribution in [-0.4, -0.2) is 15.0 Å². The van der Waals surface area contributed by atoms with Crippen LogP contribution in [0, 0.1) is 0 Å². The Labute approximate surface area is 263 Å². The van der Waals surface area contributed by atoms with E-state index in [9.17, 15) is 0 Å². The highest BCUT2D eigenvalue weighted by atomic mass is 14.7. The molecule has 43 heavy (non-hydrogen) atoms. The van der Waals surface area contributed by atoms with Crippen LogP contribution in [0.4, 0.5) is 0 Å². The minimum Gasteiger partial charge on any atom is -0.264 e. The topological polar surface area (TPSA) is 38.7 Å². The molecular formula is C40H57N3. The maximum absolute atomic E-state index is 4.30. The second-order valence-corrected chi connectivity index (χ2v) is 12.4. The molecule has 3 aromatic heterocycles. The SMILES string of the molecule is C.C.C.CC1c2ccccc2C1C.CC1c2cccnc2C1C.CC1c2cccnc2C1C.CC1c2ccncc2C1C. The van der Waals surface area contributed by atoms with Gasteiger partial charge in [0.2, 0.25) is 0 Å². The Bertz CT molecular complexity index is 1130. The Morgan fingerprint density at radius 3 is 1.12 bits per heavy atom. The summed E-state index contributed by atoms with van der Waals surface area (Å²) in [5.41, 5.74) is 11.5. The molecule has 0 amide bonds. The molecule has 0 saturated carbocycles. The van der Waals surface area contributed by atoms with Crippen LogP contribution in [0.3, 0.4) is 0 Å². The van der Waals surface area contributed by atoms with Crippen molar-refractivity contribution in [1.82, 2.24) is 15.0 Å². The van der Waals surface area contributed by atoms with Crippen molar-refractivity contribution in [1.29, 1.82) is 0 Å². The molecule has 0 N–H and O–H groups in total. The molecule has 0 radical (unpaired) electrons. The Balaban J connectivity index is 0.000000196. The van der Waals surface area contributed by atoms with E-state index < -0.39 is 0 Å². The van der Waals surface area contributed by atoms with Crippen LogP contribution in [0.1, 0.15) is 170 Å². The largest absolute Gasteiger partial charge is 0.264 e. The summed E-state index contributed by atoms with van der Waals surface area (Å²) in [4.78, 5) is 12.7. The van der Waals surface area contributed by atoms with Gasteiger partial charge in [0.25, 0.3) is 0 Å². The van der Waals surface area contributed by atoms with Crippen LogP contribution in [-0.2, 0) is 0 Å². The number of fused-ring (bicyclic) bond motifs is 4. The molecule has 0 fully saturated rings. The number of benzene rings is 1. The van der Waals surface area contributed by atoms with Gasteiger partial charge in [-0.1, -0.05) is 114 Å². The molecule has 8 unspecified atom stereocenters. The zero-order valence-corrected chi connectivity index (χ0v) is 25.5. The normalized spacial score (nSPS) is 27.0. The van der Waals surface area contributed by atoms with Gasteiger partial charge in [0, 0.05) is 48.0 Å². The molecule has 8 atom stereocenters. The van der Waals surface area contributed by atoms with E-state index in [1.807, 2.05) is 36.9 Å². The number of nitrogens with zero attached hydrogens (tertiary/aromatic N) is 3. The zero-order chi connectivity index (χ0) is 28.6. The number of pyridine rings is 3. The number of rotatable bonds is 0. The van der Waals surface area contributed by atoms with Crippen LogP contribution < -0.4 is 0 Å². The average molecular weight is 580 g/mol. The number of aromatic nitrogens is 3. The zero-order valence-electron chi connectivity index (χ0n) is 25.5. The van der Waals surface area contributed by atoms with Gasteiger partial charge in [0.15, 0.2) is 0 Å². The summed E-state index contributed by atoms with van der Waals surface area (Å²) in [6, 6.07) is 19.2. The monoisotopic (exact) mass is 579 g/mol. The quantitative estimate of drug-likeness (QED) is 0.208. The van der Waals surface area contributed by atoms with Crippen molar-refractivity contribution >= 4 is 0 Å². The fraction of sp³-hybridized carbons (Fsp3) is 0.475. The Kier molecular flexibility index (Phi) is 12.4. The van der Waals surface area contributed by atoms with Crippen molar-refractivity contribution in [2.24, 2.45) is 0 Å². The van der Waals surface area contributed by atoms with Crippen LogP contribution in [0.2, 0.25) is 0 Å². The number of hydrogen-bond acceptors (Lipinski definition) is 3. The molecule has 4 aromatic rings. The van der Waals surface area contributed by atoms with Crippen molar-refractivity contribution in [3.63, 3.8) is 0 Å². The lowest BCUT2D eigenvalue weighted by Crippen LogP contribution is -2.20. The first-order valence-electron chi connectivity index (χ1n) is 15.1. The summed E-state index contributed by atoms with van der Waals surface area (Å²) in [5.74, 6) is 5.86. The van der Waals surface area contributed by atoms with Gasteiger partial charge in [-0.2, -0.15) is 0 Å². The Morgan fingerprint density at radius 2 is 0.721 bits per heavy atom. The first-order valence-corrected chi connectivity index (χ1v) is 15.1. The van der Waals surface area contributed by atoms with Crippen LogP contribution in [0.25, 0.3) is 0 Å². The Hall–Kier alpha value is -3.33. The van der Waals surface area contributed by atoms with Crippen molar-refractivity contribution in [3.05, 3.63) is 124 Å². The van der Waals surface area contributed by atoms with Gasteiger partial charge in [-0.3, -0.25) is 15.0 Å². The van der Waals surface area contributed by atoms with Gasteiger partial charge in [-0.25, -0.2) is 0 Å². The van der Waals surface area contributed by atoms with E-state index in [4.69, 9.17) is 0 Å². The minimum atomic E-state index is 0. The first kappa shape index (κ1) is 35.9. The molecule has 0 aliphatic heterocycles. The molecule has 8 rings (SSSR count). The van der Waals surface area contributed by atoms with Gasteiger partial charge in [-0.05, 0) is 87.1 Å². The third-order valence-corrected chi connectivity index (χ3v) is 10.4. The van der Waals surface area contributed by atoms with Crippen molar-refractivity contribution in [2.75, 3.05) is 0 Å². The second-order valence-electron chi connectivity index (χ2n) is 12.4. The molecule has 3 heteroatoms. The van der Waals surface area contributed by atoms with E-state index in [0.29, 0.717) is 11.8 Å². The predicted octanol–water partition coefficient (Wildman–Crippen LogP) is 11.7. The van der Waals surface area contributed by atoms with E-state index in [0.717, 1.165) is 35.5 Å². The van der Waals surface area contributed by atoms with Gasteiger partial charge < -0.3 is 0 Å². The molecule has 4 aliphatic rings. The average Bonchev–Trinajstić information content (AvgIpc) is 3.03. The lowest BCUT2D eigenvalue weighted by molar-refractivity contribution is 0.521. The lowest BCUT2D eigenvalue weighted by atomic mass is 9.70. The van der Waals surface area contributed by atoms with Gasteiger partial charge in [0.1, 0.15) is 0 Å². The molecule has 3 nitrogen and oxygen atoms in total. The summed E-state index contributed by atoms with van der Waals surface area (Å²) in [7, 11) is 0. The summed E-state index contributed by atoms with van der Waals surface area (Å²) in [5, 5.41) is 0. The van der Waals surface area contributed by atoms with E-state index >= 15 is 0 Å². The third-order valence-electron chi connectivity index (χ3n) is 10.4. The predicted molar refractivity (Wildman–Crippen MR) is 187 cm³/mol. The summed E-state index contributed by atoms with van der Waals surface area (Å²) < 4.78 is 0. The van der Waals surface area contributed by atoms with Crippen molar-refractivity contribution in [2.45, 2.75) is 125 Å². The maximum Gasteiger partial charge on any atom is 0.0472 e. The highest BCUT2D eigenvalue weighted by Gasteiger charge is 2.32. The van der Waals surface area contributed by atoms with E-state index in [-0.39, 0.29) is 22.3 Å². The molecule has 0 spiro atoms. The van der Waals surface area contributed by atoms with Crippen LogP contribution >= 0.6 is 0 Å². The molecule has 0 saturated heterocycles. The van der Waals surface area contributed by atoms with E-state index in [2.05, 4.69) is 113 Å². The molecule has 3 heterocycles. The van der Waals surface area contributed by atoms with Gasteiger partial charge in [0.05, 0.1) is 0 Å². The summed E-state index contributed by atoms with van der Waals surface area (Å²) in [6.45, 7) is 18.1. The van der Waals surface area contributed by atoms with E-state index in [1.54, 1.807) is 11.1 Å². The smallest absolute Gasteiger partial charge is 0.0472 e. The second kappa shape index (κ2) is 14.9. The van der Waals surface area contributed by atoms with Crippen molar-refractivity contribution < 1.29 is 0 Å². The standard InChI is InChI=1S/C10H12.3C9H11N.3CH4/c1-7-8(2)10-6-4-3-5-9(7)10;1-6-7(2)9-5-10-4-3-8(6)9;2*1-6-7(2)9-8(6)4-3-5-10-9;;;/h3-8H,1-2H3;3*3-7H,1-2H3;3*1H4. The third kappa shape index (κ3) is 6.61. The molecular weight excluding hydrogens is 522 g/mol. The van der Waals surface area contributed by atoms with Crippen LogP contribution in [0.15, 0.2) is 79.4 Å². The fourth-order valence-corrected chi connectivity index (χ4v) is 6.65. The summed E-state index contributed by atoms with van der Waals surface area (Å²) in [6.07, 6.45) is 7.61.